The molecule has 144 valence electrons. The fraction of sp³-hybridized carbons (Fsp3) is 0.435. The zero-order chi connectivity index (χ0) is 20.0. The Labute approximate surface area is 161 Å². The number of nitrogens with zero attached hydrogens (tertiary/aromatic N) is 1. The lowest BCUT2D eigenvalue weighted by atomic mass is 9.55. The Morgan fingerprint density at radius 3 is 2.48 bits per heavy atom. The molecule has 1 atom stereocenters. The summed E-state index contributed by atoms with van der Waals surface area (Å²) in [6.07, 6.45) is 0.795. The second-order valence-corrected chi connectivity index (χ2v) is 8.55. The second kappa shape index (κ2) is 6.66. The number of benzene rings is 2. The summed E-state index contributed by atoms with van der Waals surface area (Å²) in [6.45, 7) is 11.5. The molecule has 0 fully saturated rings. The third kappa shape index (κ3) is 3.01. The number of nitrogen functional groups attached to an aromatic ring is 1. The summed E-state index contributed by atoms with van der Waals surface area (Å²) in [5, 5.41) is 0. The number of hydrogen-bond acceptors (Lipinski definition) is 2. The number of carbonyl (C=O) groups is 1. The number of halogens is 1. The van der Waals surface area contributed by atoms with Crippen LogP contribution in [0.1, 0.15) is 56.1 Å². The lowest BCUT2D eigenvalue weighted by molar-refractivity contribution is 0.0214. The van der Waals surface area contributed by atoms with E-state index in [1.54, 1.807) is 6.07 Å². The molecular weight excluding hydrogens is 339 g/mol. The van der Waals surface area contributed by atoms with Crippen LogP contribution in [0.4, 0.5) is 10.1 Å². The molecule has 1 amide bonds. The first-order valence-corrected chi connectivity index (χ1v) is 9.55. The van der Waals surface area contributed by atoms with Crippen LogP contribution in [0.25, 0.3) is 0 Å². The van der Waals surface area contributed by atoms with E-state index in [0.717, 1.165) is 6.42 Å². The van der Waals surface area contributed by atoms with E-state index >= 15 is 0 Å². The van der Waals surface area contributed by atoms with Gasteiger partial charge in [-0.05, 0) is 53.5 Å². The first kappa shape index (κ1) is 19.4. The molecule has 1 aliphatic carbocycles. The summed E-state index contributed by atoms with van der Waals surface area (Å²) in [5.74, 6) is -0.699. The van der Waals surface area contributed by atoms with Crippen molar-refractivity contribution in [1.82, 2.24) is 4.90 Å². The average molecular weight is 368 g/mol. The molecule has 0 bridgehead atoms. The number of hydrogen-bond donors (Lipinski definition) is 1. The van der Waals surface area contributed by atoms with Gasteiger partial charge in [0, 0.05) is 18.2 Å². The first-order valence-electron chi connectivity index (χ1n) is 9.55. The number of anilines is 1. The van der Waals surface area contributed by atoms with Crippen molar-refractivity contribution in [2.24, 2.45) is 5.41 Å². The molecule has 3 nitrogen and oxygen atoms in total. The normalized spacial score (nSPS) is 20.0. The van der Waals surface area contributed by atoms with Crippen LogP contribution in [0.5, 0.6) is 0 Å². The van der Waals surface area contributed by atoms with Gasteiger partial charge in [0.05, 0.1) is 5.69 Å². The zero-order valence-corrected chi connectivity index (χ0v) is 16.8. The van der Waals surface area contributed by atoms with Gasteiger partial charge in [-0.3, -0.25) is 4.79 Å². The molecule has 27 heavy (non-hydrogen) atoms. The van der Waals surface area contributed by atoms with Crippen molar-refractivity contribution in [3.63, 3.8) is 0 Å². The van der Waals surface area contributed by atoms with Crippen LogP contribution in [0, 0.1) is 11.2 Å². The van der Waals surface area contributed by atoms with Gasteiger partial charge in [-0.1, -0.05) is 52.0 Å². The second-order valence-electron chi connectivity index (χ2n) is 8.55. The monoisotopic (exact) mass is 368 g/mol. The van der Waals surface area contributed by atoms with Crippen molar-refractivity contribution in [3.8, 4) is 0 Å². The minimum Gasteiger partial charge on any atom is -0.396 e. The molecular formula is C23H29FN2O. The van der Waals surface area contributed by atoms with Gasteiger partial charge >= 0.3 is 0 Å². The molecule has 0 aliphatic heterocycles. The van der Waals surface area contributed by atoms with Crippen LogP contribution in [0.3, 0.4) is 0 Å². The summed E-state index contributed by atoms with van der Waals surface area (Å²) >= 11 is 0. The SMILES string of the molecule is CCN(C(=O)c1ccc(N)c(F)c1)[C@@H]1Cc2ccccc2C(C)(C)C1(C)C. The highest BCUT2D eigenvalue weighted by atomic mass is 19.1. The summed E-state index contributed by atoms with van der Waals surface area (Å²) < 4.78 is 13.9. The molecule has 0 saturated carbocycles. The molecule has 0 aromatic heterocycles. The van der Waals surface area contributed by atoms with Crippen molar-refractivity contribution < 1.29 is 9.18 Å². The van der Waals surface area contributed by atoms with E-state index in [1.165, 1.54) is 23.3 Å². The number of amides is 1. The number of carbonyl (C=O) groups excluding carboxylic acids is 1. The molecule has 4 heteroatoms. The maximum Gasteiger partial charge on any atom is 0.254 e. The maximum atomic E-state index is 13.9. The molecule has 0 spiro atoms. The molecule has 0 saturated heterocycles. The van der Waals surface area contributed by atoms with Crippen LogP contribution in [-0.4, -0.2) is 23.4 Å². The molecule has 2 aromatic rings. The fourth-order valence-corrected chi connectivity index (χ4v) is 4.37. The van der Waals surface area contributed by atoms with Gasteiger partial charge in [0.1, 0.15) is 5.82 Å². The number of nitrogens with two attached hydrogens (primary N) is 1. The highest BCUT2D eigenvalue weighted by Crippen LogP contribution is 2.51. The number of rotatable bonds is 3. The predicted octanol–water partition coefficient (Wildman–Crippen LogP) is 4.80. The van der Waals surface area contributed by atoms with Crippen molar-refractivity contribution in [2.45, 2.75) is 52.5 Å². The lowest BCUT2D eigenvalue weighted by Crippen LogP contribution is -2.58. The zero-order valence-electron chi connectivity index (χ0n) is 16.8. The van der Waals surface area contributed by atoms with Crippen LogP contribution in [-0.2, 0) is 11.8 Å². The number of likely N-dealkylation sites (N-methyl/N-ethyl adjacent to an activating group) is 1. The number of fused-ring (bicyclic) bond motifs is 1. The summed E-state index contributed by atoms with van der Waals surface area (Å²) in [6, 6.07) is 12.8. The Morgan fingerprint density at radius 1 is 1.19 bits per heavy atom. The third-order valence-electron chi connectivity index (χ3n) is 6.77. The lowest BCUT2D eigenvalue weighted by Gasteiger charge is -2.55. The Kier molecular flexibility index (Phi) is 4.79. The average Bonchev–Trinajstić information content (AvgIpc) is 2.62. The molecule has 0 unspecified atom stereocenters. The van der Waals surface area contributed by atoms with Crippen molar-refractivity contribution in [1.29, 1.82) is 0 Å². The Hall–Kier alpha value is -2.36. The van der Waals surface area contributed by atoms with Crippen molar-refractivity contribution in [3.05, 3.63) is 65.0 Å². The minimum absolute atomic E-state index is 0.0144. The van der Waals surface area contributed by atoms with E-state index in [2.05, 4.69) is 52.0 Å². The summed E-state index contributed by atoms with van der Waals surface area (Å²) in [7, 11) is 0. The molecule has 2 N–H and O–H groups in total. The largest absolute Gasteiger partial charge is 0.396 e. The minimum atomic E-state index is -0.550. The quantitative estimate of drug-likeness (QED) is 0.791. The maximum absolute atomic E-state index is 13.9. The van der Waals surface area contributed by atoms with Crippen LogP contribution in [0.15, 0.2) is 42.5 Å². The van der Waals surface area contributed by atoms with E-state index < -0.39 is 5.82 Å². The Balaban J connectivity index is 2.04. The Bertz CT molecular complexity index is 872. The highest BCUT2D eigenvalue weighted by Gasteiger charge is 2.51. The van der Waals surface area contributed by atoms with Gasteiger partial charge in [0.25, 0.3) is 5.91 Å². The van der Waals surface area contributed by atoms with Gasteiger partial charge in [0.15, 0.2) is 0 Å². The summed E-state index contributed by atoms with van der Waals surface area (Å²) in [4.78, 5) is 15.2. The molecule has 1 aliphatic rings. The standard InChI is InChI=1S/C23H29FN2O/c1-6-26(21(27)16-11-12-19(25)18(24)13-16)20-14-15-9-7-8-10-17(15)22(2,3)23(20,4)5/h7-13,20H,6,14,25H2,1-5H3/t20-/m1/s1. The van der Waals surface area contributed by atoms with Gasteiger partial charge in [-0.25, -0.2) is 4.39 Å². The molecule has 0 radical (unpaired) electrons. The van der Waals surface area contributed by atoms with Gasteiger partial charge in [-0.15, -0.1) is 0 Å². The first-order chi connectivity index (χ1) is 12.6. The van der Waals surface area contributed by atoms with E-state index in [9.17, 15) is 9.18 Å². The van der Waals surface area contributed by atoms with Gasteiger partial charge in [-0.2, -0.15) is 0 Å². The van der Waals surface area contributed by atoms with Crippen LogP contribution in [0.2, 0.25) is 0 Å². The Morgan fingerprint density at radius 2 is 1.85 bits per heavy atom. The smallest absolute Gasteiger partial charge is 0.254 e. The summed E-state index contributed by atoms with van der Waals surface area (Å²) in [5.41, 5.74) is 8.34. The molecule has 0 heterocycles. The van der Waals surface area contributed by atoms with E-state index in [4.69, 9.17) is 5.73 Å². The third-order valence-corrected chi connectivity index (χ3v) is 6.77. The highest BCUT2D eigenvalue weighted by molar-refractivity contribution is 5.95. The van der Waals surface area contributed by atoms with Crippen LogP contribution < -0.4 is 5.73 Å². The molecule has 2 aromatic carbocycles. The fourth-order valence-electron chi connectivity index (χ4n) is 4.37. The van der Waals surface area contributed by atoms with E-state index in [0.29, 0.717) is 12.1 Å². The van der Waals surface area contributed by atoms with Crippen molar-refractivity contribution in [2.75, 3.05) is 12.3 Å². The van der Waals surface area contributed by atoms with E-state index in [1.807, 2.05) is 11.8 Å². The predicted molar refractivity (Wildman–Crippen MR) is 108 cm³/mol. The van der Waals surface area contributed by atoms with Gasteiger partial charge < -0.3 is 10.6 Å². The van der Waals surface area contributed by atoms with Crippen molar-refractivity contribution >= 4 is 11.6 Å². The topological polar surface area (TPSA) is 46.3 Å². The van der Waals surface area contributed by atoms with E-state index in [-0.39, 0.29) is 28.5 Å². The van der Waals surface area contributed by atoms with Gasteiger partial charge in [0.2, 0.25) is 0 Å². The van der Waals surface area contributed by atoms with Crippen LogP contribution >= 0.6 is 0 Å². The molecule has 3 rings (SSSR count).